The first-order valence-corrected chi connectivity index (χ1v) is 9.58. The Morgan fingerprint density at radius 1 is 0.889 bits per heavy atom. The number of esters is 2. The maximum Gasteiger partial charge on any atom is 0.338 e. The molecule has 27 heavy (non-hydrogen) atoms. The number of hydrogen-bond acceptors (Lipinski definition) is 4. The molecule has 0 amide bonds. The van der Waals surface area contributed by atoms with Crippen molar-refractivity contribution >= 4 is 23.5 Å². The van der Waals surface area contributed by atoms with Gasteiger partial charge in [0, 0.05) is 5.02 Å². The Morgan fingerprint density at radius 2 is 1.52 bits per heavy atom. The number of carbonyl (C=O) groups is 2. The highest BCUT2D eigenvalue weighted by Crippen LogP contribution is 2.17. The van der Waals surface area contributed by atoms with Crippen molar-refractivity contribution in [3.8, 4) is 0 Å². The summed E-state index contributed by atoms with van der Waals surface area (Å²) in [5.74, 6) is -0.813. The van der Waals surface area contributed by atoms with Crippen molar-refractivity contribution in [2.24, 2.45) is 0 Å². The molecule has 0 bridgehead atoms. The van der Waals surface area contributed by atoms with E-state index < -0.39 is 5.97 Å². The van der Waals surface area contributed by atoms with Crippen LogP contribution in [-0.4, -0.2) is 18.5 Å². The van der Waals surface area contributed by atoms with Gasteiger partial charge in [-0.2, -0.15) is 0 Å². The van der Waals surface area contributed by atoms with E-state index in [-0.39, 0.29) is 12.6 Å². The molecule has 0 N–H and O–H groups in total. The lowest BCUT2D eigenvalue weighted by Crippen LogP contribution is -2.09. The van der Waals surface area contributed by atoms with Crippen LogP contribution in [0.25, 0.3) is 0 Å². The van der Waals surface area contributed by atoms with Crippen LogP contribution in [0.3, 0.4) is 0 Å². The first-order valence-electron chi connectivity index (χ1n) is 9.20. The van der Waals surface area contributed by atoms with Crippen LogP contribution in [0, 0.1) is 6.92 Å². The quantitative estimate of drug-likeness (QED) is 0.406. The van der Waals surface area contributed by atoms with E-state index in [1.807, 2.05) is 19.1 Å². The molecule has 0 spiro atoms. The number of benzene rings is 2. The van der Waals surface area contributed by atoms with E-state index in [4.69, 9.17) is 21.1 Å². The molecule has 0 aliphatic heterocycles. The predicted octanol–water partition coefficient (Wildman–Crippen LogP) is 5.74. The third kappa shape index (κ3) is 6.72. The monoisotopic (exact) mass is 388 g/mol. The Kier molecular flexibility index (Phi) is 8.34. The van der Waals surface area contributed by atoms with Crippen molar-refractivity contribution in [1.29, 1.82) is 0 Å². The zero-order valence-electron chi connectivity index (χ0n) is 15.8. The summed E-state index contributed by atoms with van der Waals surface area (Å²) >= 11 is 5.92. The Bertz CT molecular complexity index is 768. The van der Waals surface area contributed by atoms with Crippen LogP contribution in [0.15, 0.2) is 42.5 Å². The van der Waals surface area contributed by atoms with E-state index in [1.54, 1.807) is 30.3 Å². The molecular formula is C22H25ClO4. The predicted molar refractivity (Wildman–Crippen MR) is 106 cm³/mol. The maximum atomic E-state index is 12.2. The first-order chi connectivity index (χ1) is 13.0. The third-order valence-corrected chi connectivity index (χ3v) is 4.49. The van der Waals surface area contributed by atoms with Gasteiger partial charge in [0.15, 0.2) is 0 Å². The van der Waals surface area contributed by atoms with Crippen molar-refractivity contribution in [1.82, 2.24) is 0 Å². The standard InChI is InChI=1S/C22H25ClO4/c1-3-4-5-6-13-26-21(24)17-7-9-18(10-8-17)22(25)27-15-19-11-12-20(23)14-16(19)2/h7-12,14H,3-6,13,15H2,1-2H3. The first kappa shape index (κ1) is 21.0. The van der Waals surface area contributed by atoms with Crippen molar-refractivity contribution in [3.63, 3.8) is 0 Å². The summed E-state index contributed by atoms with van der Waals surface area (Å²) in [4.78, 5) is 24.2. The molecular weight excluding hydrogens is 364 g/mol. The van der Waals surface area contributed by atoms with Gasteiger partial charge in [0.05, 0.1) is 17.7 Å². The molecule has 0 saturated carbocycles. The SMILES string of the molecule is CCCCCCOC(=O)c1ccc(C(=O)OCc2ccc(Cl)cc2C)cc1. The summed E-state index contributed by atoms with van der Waals surface area (Å²) < 4.78 is 10.6. The summed E-state index contributed by atoms with van der Waals surface area (Å²) in [6.07, 6.45) is 4.21. The fraction of sp³-hybridized carbons (Fsp3) is 0.364. The average Bonchev–Trinajstić information content (AvgIpc) is 2.67. The van der Waals surface area contributed by atoms with Gasteiger partial charge in [-0.3, -0.25) is 0 Å². The van der Waals surface area contributed by atoms with Gasteiger partial charge in [-0.05, 0) is 60.9 Å². The number of halogens is 1. The lowest BCUT2D eigenvalue weighted by Gasteiger charge is -2.09. The van der Waals surface area contributed by atoms with Gasteiger partial charge in [0.1, 0.15) is 6.61 Å². The van der Waals surface area contributed by atoms with Crippen LogP contribution in [0.4, 0.5) is 0 Å². The second kappa shape index (κ2) is 10.7. The number of hydrogen-bond donors (Lipinski definition) is 0. The molecule has 5 heteroatoms. The van der Waals surface area contributed by atoms with Gasteiger partial charge in [-0.25, -0.2) is 9.59 Å². The molecule has 2 aromatic carbocycles. The number of aryl methyl sites for hydroxylation is 1. The molecule has 0 saturated heterocycles. The Labute approximate surface area is 165 Å². The largest absolute Gasteiger partial charge is 0.462 e. The van der Waals surface area contributed by atoms with Crippen LogP contribution in [-0.2, 0) is 16.1 Å². The van der Waals surface area contributed by atoms with E-state index >= 15 is 0 Å². The van der Waals surface area contributed by atoms with Crippen LogP contribution < -0.4 is 0 Å². The molecule has 0 unspecified atom stereocenters. The van der Waals surface area contributed by atoms with E-state index in [0.29, 0.717) is 22.8 Å². The zero-order valence-corrected chi connectivity index (χ0v) is 16.6. The van der Waals surface area contributed by atoms with E-state index in [0.717, 1.165) is 36.8 Å². The number of ether oxygens (including phenoxy) is 2. The molecule has 0 fully saturated rings. The zero-order chi connectivity index (χ0) is 19.6. The van der Waals surface area contributed by atoms with Gasteiger partial charge in [0.2, 0.25) is 0 Å². The molecule has 2 aromatic rings. The molecule has 0 radical (unpaired) electrons. The van der Waals surface area contributed by atoms with Gasteiger partial charge >= 0.3 is 11.9 Å². The molecule has 4 nitrogen and oxygen atoms in total. The van der Waals surface area contributed by atoms with Crippen LogP contribution in [0.2, 0.25) is 5.02 Å². The number of rotatable bonds is 9. The van der Waals surface area contributed by atoms with Crippen LogP contribution >= 0.6 is 11.6 Å². The second-order valence-corrected chi connectivity index (χ2v) is 6.86. The van der Waals surface area contributed by atoms with Gasteiger partial charge < -0.3 is 9.47 Å². The van der Waals surface area contributed by atoms with Crippen molar-refractivity contribution in [2.45, 2.75) is 46.1 Å². The minimum absolute atomic E-state index is 0.170. The van der Waals surface area contributed by atoms with E-state index in [2.05, 4.69) is 6.92 Å². The Balaban J connectivity index is 1.84. The molecule has 144 valence electrons. The second-order valence-electron chi connectivity index (χ2n) is 6.42. The van der Waals surface area contributed by atoms with E-state index in [1.165, 1.54) is 0 Å². The minimum atomic E-state index is -0.441. The lowest BCUT2D eigenvalue weighted by molar-refractivity contribution is 0.0465. The molecule has 0 aliphatic rings. The van der Waals surface area contributed by atoms with Crippen molar-refractivity contribution in [3.05, 3.63) is 69.7 Å². The minimum Gasteiger partial charge on any atom is -0.462 e. The Morgan fingerprint density at radius 3 is 2.11 bits per heavy atom. The molecule has 0 heterocycles. The summed E-state index contributed by atoms with van der Waals surface area (Å²) in [7, 11) is 0. The normalized spacial score (nSPS) is 10.5. The third-order valence-electron chi connectivity index (χ3n) is 4.25. The van der Waals surface area contributed by atoms with E-state index in [9.17, 15) is 9.59 Å². The topological polar surface area (TPSA) is 52.6 Å². The van der Waals surface area contributed by atoms with Crippen molar-refractivity contribution < 1.29 is 19.1 Å². The highest BCUT2D eigenvalue weighted by molar-refractivity contribution is 6.30. The fourth-order valence-electron chi connectivity index (χ4n) is 2.57. The average molecular weight is 389 g/mol. The van der Waals surface area contributed by atoms with Crippen LogP contribution in [0.5, 0.6) is 0 Å². The molecule has 0 aromatic heterocycles. The summed E-state index contributed by atoms with van der Waals surface area (Å²) in [6.45, 7) is 4.64. The van der Waals surface area contributed by atoms with Gasteiger partial charge in [-0.1, -0.05) is 43.9 Å². The highest BCUT2D eigenvalue weighted by Gasteiger charge is 2.11. The van der Waals surface area contributed by atoms with Crippen molar-refractivity contribution in [2.75, 3.05) is 6.61 Å². The summed E-state index contributed by atoms with van der Waals surface area (Å²) in [5, 5.41) is 0.649. The lowest BCUT2D eigenvalue weighted by atomic mass is 10.1. The smallest absolute Gasteiger partial charge is 0.338 e. The molecule has 2 rings (SSSR count). The Hall–Kier alpha value is -2.33. The molecule has 0 atom stereocenters. The van der Waals surface area contributed by atoms with Crippen LogP contribution in [0.1, 0.15) is 64.4 Å². The summed E-state index contributed by atoms with van der Waals surface area (Å²) in [6, 6.07) is 11.7. The summed E-state index contributed by atoms with van der Waals surface area (Å²) in [5.41, 5.74) is 2.68. The fourth-order valence-corrected chi connectivity index (χ4v) is 2.79. The van der Waals surface area contributed by atoms with Gasteiger partial charge in [0.25, 0.3) is 0 Å². The van der Waals surface area contributed by atoms with Gasteiger partial charge in [-0.15, -0.1) is 0 Å². The molecule has 0 aliphatic carbocycles. The highest BCUT2D eigenvalue weighted by atomic mass is 35.5. The number of unbranched alkanes of at least 4 members (excludes halogenated alkanes) is 3. The number of carbonyl (C=O) groups excluding carboxylic acids is 2. The maximum absolute atomic E-state index is 12.2.